The number of carbonyl (C=O) groups excluding carboxylic acids is 1. The number of sulfonamides is 1. The molecule has 3 aromatic rings. The van der Waals surface area contributed by atoms with E-state index in [0.717, 1.165) is 4.31 Å². The molecule has 0 radical (unpaired) electrons. The lowest BCUT2D eigenvalue weighted by Gasteiger charge is -2.23. The molecular formula is C22H24N2O5S. The molecule has 158 valence electrons. The van der Waals surface area contributed by atoms with Crippen LogP contribution in [-0.2, 0) is 16.6 Å². The maximum absolute atomic E-state index is 13.2. The standard InChI is InChI=1S/C22H24N2O5S/c1-16-11-12-18(14-19(16)22(25)23(2)15-17-8-7-13-29-17)30(26,27)24(3)20-9-5-6-10-21(20)28-4/h5-14H,15H2,1-4H3. The van der Waals surface area contributed by atoms with Gasteiger partial charge in [0.1, 0.15) is 11.5 Å². The van der Waals surface area contributed by atoms with Crippen LogP contribution < -0.4 is 9.04 Å². The fourth-order valence-corrected chi connectivity index (χ4v) is 4.32. The summed E-state index contributed by atoms with van der Waals surface area (Å²) in [5, 5.41) is 0. The summed E-state index contributed by atoms with van der Waals surface area (Å²) >= 11 is 0. The van der Waals surface area contributed by atoms with E-state index in [0.29, 0.717) is 28.3 Å². The average Bonchev–Trinajstić information content (AvgIpc) is 3.25. The Hall–Kier alpha value is -3.26. The van der Waals surface area contributed by atoms with Crippen molar-refractivity contribution >= 4 is 21.6 Å². The SMILES string of the molecule is COc1ccccc1N(C)S(=O)(=O)c1ccc(C)c(C(=O)N(C)Cc2ccco2)c1. The van der Waals surface area contributed by atoms with Gasteiger partial charge in [0.2, 0.25) is 0 Å². The zero-order chi connectivity index (χ0) is 21.9. The van der Waals surface area contributed by atoms with Crippen LogP contribution in [0, 0.1) is 6.92 Å². The summed E-state index contributed by atoms with van der Waals surface area (Å²) in [7, 11) is 0.675. The number of hydrogen-bond donors (Lipinski definition) is 0. The molecule has 0 aliphatic heterocycles. The van der Waals surface area contributed by atoms with Crippen LogP contribution in [-0.4, -0.2) is 40.4 Å². The van der Waals surface area contributed by atoms with E-state index in [1.54, 1.807) is 62.7 Å². The van der Waals surface area contributed by atoms with E-state index in [1.807, 2.05) is 0 Å². The highest BCUT2D eigenvalue weighted by Crippen LogP contribution is 2.31. The normalized spacial score (nSPS) is 11.2. The van der Waals surface area contributed by atoms with Gasteiger partial charge in [-0.05, 0) is 48.9 Å². The smallest absolute Gasteiger partial charge is 0.264 e. The second-order valence-electron chi connectivity index (χ2n) is 6.86. The number of ether oxygens (including phenoxy) is 1. The van der Waals surface area contributed by atoms with Crippen molar-refractivity contribution in [1.29, 1.82) is 0 Å². The van der Waals surface area contributed by atoms with Crippen molar-refractivity contribution in [3.05, 3.63) is 77.7 Å². The quantitative estimate of drug-likeness (QED) is 0.573. The van der Waals surface area contributed by atoms with Crippen LogP contribution in [0.3, 0.4) is 0 Å². The first-order chi connectivity index (χ1) is 14.3. The lowest BCUT2D eigenvalue weighted by molar-refractivity contribution is 0.0774. The van der Waals surface area contributed by atoms with Gasteiger partial charge in [0.25, 0.3) is 15.9 Å². The van der Waals surface area contributed by atoms with Gasteiger partial charge in [-0.15, -0.1) is 0 Å². The van der Waals surface area contributed by atoms with E-state index in [4.69, 9.17) is 9.15 Å². The summed E-state index contributed by atoms with van der Waals surface area (Å²) in [5.74, 6) is 0.786. The molecule has 1 amide bonds. The van der Waals surface area contributed by atoms with Crippen molar-refractivity contribution in [2.45, 2.75) is 18.4 Å². The van der Waals surface area contributed by atoms with Crippen molar-refractivity contribution in [3.63, 3.8) is 0 Å². The van der Waals surface area contributed by atoms with Crippen LogP contribution in [0.25, 0.3) is 0 Å². The second-order valence-corrected chi connectivity index (χ2v) is 8.83. The fourth-order valence-electron chi connectivity index (χ4n) is 3.08. The van der Waals surface area contributed by atoms with E-state index in [1.165, 1.54) is 31.2 Å². The maximum Gasteiger partial charge on any atom is 0.264 e. The number of methoxy groups -OCH3 is 1. The van der Waals surface area contributed by atoms with Crippen molar-refractivity contribution in [3.8, 4) is 5.75 Å². The highest BCUT2D eigenvalue weighted by atomic mass is 32.2. The molecule has 0 aliphatic carbocycles. The van der Waals surface area contributed by atoms with Gasteiger partial charge in [-0.2, -0.15) is 0 Å². The monoisotopic (exact) mass is 428 g/mol. The Morgan fingerprint density at radius 1 is 1.07 bits per heavy atom. The molecule has 0 unspecified atom stereocenters. The zero-order valence-corrected chi connectivity index (χ0v) is 18.1. The van der Waals surface area contributed by atoms with Gasteiger partial charge in [0, 0.05) is 19.7 Å². The molecule has 7 nitrogen and oxygen atoms in total. The van der Waals surface area contributed by atoms with Gasteiger partial charge in [-0.1, -0.05) is 18.2 Å². The summed E-state index contributed by atoms with van der Waals surface area (Å²) in [4.78, 5) is 14.5. The van der Waals surface area contributed by atoms with E-state index < -0.39 is 10.0 Å². The topological polar surface area (TPSA) is 80.1 Å². The van der Waals surface area contributed by atoms with Gasteiger partial charge >= 0.3 is 0 Å². The molecule has 8 heteroatoms. The number of amides is 1. The highest BCUT2D eigenvalue weighted by molar-refractivity contribution is 7.92. The third kappa shape index (κ3) is 4.18. The molecule has 0 fully saturated rings. The molecule has 2 aromatic carbocycles. The maximum atomic E-state index is 13.2. The van der Waals surface area contributed by atoms with E-state index in [2.05, 4.69) is 0 Å². The summed E-state index contributed by atoms with van der Waals surface area (Å²) in [6, 6.07) is 14.9. The first-order valence-electron chi connectivity index (χ1n) is 9.26. The Morgan fingerprint density at radius 3 is 2.47 bits per heavy atom. The van der Waals surface area contributed by atoms with Crippen LogP contribution in [0.15, 0.2) is 70.2 Å². The number of aryl methyl sites for hydroxylation is 1. The van der Waals surface area contributed by atoms with Crippen LogP contribution in [0.2, 0.25) is 0 Å². The van der Waals surface area contributed by atoms with E-state index in [9.17, 15) is 13.2 Å². The van der Waals surface area contributed by atoms with Crippen molar-refractivity contribution in [2.24, 2.45) is 0 Å². The Balaban J connectivity index is 1.94. The molecule has 3 rings (SSSR count). The number of rotatable bonds is 7. The number of nitrogens with zero attached hydrogens (tertiary/aromatic N) is 2. The molecule has 0 atom stereocenters. The molecule has 1 heterocycles. The molecule has 0 bridgehead atoms. The zero-order valence-electron chi connectivity index (χ0n) is 17.3. The van der Waals surface area contributed by atoms with Crippen molar-refractivity contribution < 1.29 is 22.4 Å². The van der Waals surface area contributed by atoms with Gasteiger partial charge in [-0.3, -0.25) is 9.10 Å². The van der Waals surface area contributed by atoms with Gasteiger partial charge in [0.15, 0.2) is 0 Å². The number of furan rings is 1. The Kier molecular flexibility index (Phi) is 6.17. The Bertz CT molecular complexity index is 1140. The minimum Gasteiger partial charge on any atom is -0.495 e. The molecule has 0 aliphatic rings. The van der Waals surface area contributed by atoms with Crippen LogP contribution in [0.5, 0.6) is 5.75 Å². The summed E-state index contributed by atoms with van der Waals surface area (Å²) in [6.07, 6.45) is 1.54. The minimum atomic E-state index is -3.91. The summed E-state index contributed by atoms with van der Waals surface area (Å²) in [5.41, 5.74) is 1.41. The Labute approximate surface area is 176 Å². The largest absolute Gasteiger partial charge is 0.495 e. The predicted octanol–water partition coefficient (Wildman–Crippen LogP) is 3.69. The molecule has 0 N–H and O–H groups in total. The number of anilines is 1. The fraction of sp³-hybridized carbons (Fsp3) is 0.227. The van der Waals surface area contributed by atoms with E-state index >= 15 is 0 Å². The summed E-state index contributed by atoms with van der Waals surface area (Å²) < 4.78 is 38.2. The average molecular weight is 429 g/mol. The number of benzene rings is 2. The second kappa shape index (κ2) is 8.62. The molecule has 0 spiro atoms. The molecule has 0 saturated carbocycles. The van der Waals surface area contributed by atoms with Crippen LogP contribution >= 0.6 is 0 Å². The third-order valence-corrected chi connectivity index (χ3v) is 6.61. The Morgan fingerprint density at radius 2 is 1.80 bits per heavy atom. The predicted molar refractivity (Wildman–Crippen MR) is 114 cm³/mol. The number of hydrogen-bond acceptors (Lipinski definition) is 5. The molecule has 30 heavy (non-hydrogen) atoms. The minimum absolute atomic E-state index is 0.0243. The first-order valence-corrected chi connectivity index (χ1v) is 10.7. The molecule has 0 saturated heterocycles. The molecule has 1 aromatic heterocycles. The number of para-hydroxylation sites is 2. The van der Waals surface area contributed by atoms with Crippen molar-refractivity contribution in [1.82, 2.24) is 4.90 Å². The molecular weight excluding hydrogens is 404 g/mol. The third-order valence-electron chi connectivity index (χ3n) is 4.84. The highest BCUT2D eigenvalue weighted by Gasteiger charge is 2.26. The van der Waals surface area contributed by atoms with Gasteiger partial charge in [-0.25, -0.2) is 8.42 Å². The lowest BCUT2D eigenvalue weighted by Crippen LogP contribution is -2.29. The van der Waals surface area contributed by atoms with Gasteiger partial charge < -0.3 is 14.1 Å². The van der Waals surface area contributed by atoms with Crippen molar-refractivity contribution in [2.75, 3.05) is 25.5 Å². The number of carbonyl (C=O) groups is 1. The summed E-state index contributed by atoms with van der Waals surface area (Å²) in [6.45, 7) is 2.05. The lowest BCUT2D eigenvalue weighted by atomic mass is 10.1. The van der Waals surface area contributed by atoms with Gasteiger partial charge in [0.05, 0.1) is 30.5 Å². The van der Waals surface area contributed by atoms with E-state index in [-0.39, 0.29) is 17.3 Å². The first kappa shape index (κ1) is 21.4. The van der Waals surface area contributed by atoms with Crippen LogP contribution in [0.1, 0.15) is 21.7 Å². The van der Waals surface area contributed by atoms with Crippen LogP contribution in [0.4, 0.5) is 5.69 Å².